The minimum atomic E-state index is 0.308. The van der Waals surface area contributed by atoms with Crippen molar-refractivity contribution in [3.05, 3.63) is 71.3 Å². The summed E-state index contributed by atoms with van der Waals surface area (Å²) in [5, 5.41) is 2.68. The Morgan fingerprint density at radius 1 is 0.783 bits per heavy atom. The molecule has 3 aromatic carbocycles. The molecule has 3 rings (SSSR count). The second-order valence-electron chi connectivity index (χ2n) is 7.97. The zero-order chi connectivity index (χ0) is 16.6. The Morgan fingerprint density at radius 3 is 2.13 bits per heavy atom. The van der Waals surface area contributed by atoms with Gasteiger partial charge in [-0.1, -0.05) is 86.5 Å². The number of hydrogen-bond donors (Lipinski definition) is 0. The van der Waals surface area contributed by atoms with E-state index in [4.69, 9.17) is 0 Å². The third-order valence-electron chi connectivity index (χ3n) is 4.21. The molecule has 0 aliphatic heterocycles. The third kappa shape index (κ3) is 3.64. The van der Waals surface area contributed by atoms with E-state index < -0.39 is 0 Å². The molecule has 0 atom stereocenters. The molecule has 0 fully saturated rings. The van der Waals surface area contributed by atoms with Crippen molar-refractivity contribution in [3.63, 3.8) is 0 Å². The van der Waals surface area contributed by atoms with Crippen molar-refractivity contribution in [2.75, 3.05) is 0 Å². The summed E-state index contributed by atoms with van der Waals surface area (Å²) < 4.78 is 0. The molecule has 118 valence electrons. The van der Waals surface area contributed by atoms with Crippen LogP contribution in [0.1, 0.15) is 37.5 Å². The summed E-state index contributed by atoms with van der Waals surface area (Å²) >= 11 is 0. The number of benzene rings is 3. The lowest BCUT2D eigenvalue weighted by atomic mass is 9.86. The van der Waals surface area contributed by atoms with Crippen molar-refractivity contribution in [2.45, 2.75) is 41.0 Å². The zero-order valence-corrected chi connectivity index (χ0v) is 14.9. The van der Waals surface area contributed by atoms with Gasteiger partial charge in [-0.05, 0) is 53.1 Å². The Kier molecular flexibility index (Phi) is 4.02. The summed E-state index contributed by atoms with van der Waals surface area (Å²) in [6.45, 7) is 11.2. The summed E-state index contributed by atoms with van der Waals surface area (Å²) in [6, 6.07) is 20.4. The zero-order valence-electron chi connectivity index (χ0n) is 14.9. The minimum absolute atomic E-state index is 0.308. The van der Waals surface area contributed by atoms with Crippen molar-refractivity contribution in [2.24, 2.45) is 5.41 Å². The molecule has 0 N–H and O–H groups in total. The minimum Gasteiger partial charge on any atom is -0.0610 e. The van der Waals surface area contributed by atoms with Crippen LogP contribution in [0.25, 0.3) is 21.9 Å². The van der Waals surface area contributed by atoms with Crippen molar-refractivity contribution in [3.8, 4) is 11.1 Å². The molecule has 0 aliphatic rings. The van der Waals surface area contributed by atoms with Gasteiger partial charge < -0.3 is 0 Å². The molecular formula is C23H26. The molecule has 0 nitrogen and oxygen atoms in total. The monoisotopic (exact) mass is 302 g/mol. The van der Waals surface area contributed by atoms with Gasteiger partial charge in [-0.3, -0.25) is 0 Å². The fourth-order valence-electron chi connectivity index (χ4n) is 3.42. The van der Waals surface area contributed by atoms with E-state index in [2.05, 4.69) is 89.2 Å². The predicted octanol–water partition coefficient (Wildman–Crippen LogP) is 6.71. The first-order valence-electron chi connectivity index (χ1n) is 8.42. The Hall–Kier alpha value is -2.08. The van der Waals surface area contributed by atoms with Crippen LogP contribution in [0.15, 0.2) is 54.6 Å². The molecule has 0 saturated heterocycles. The molecule has 23 heavy (non-hydrogen) atoms. The normalized spacial score (nSPS) is 11.9. The Balaban J connectivity index is 2.18. The van der Waals surface area contributed by atoms with E-state index >= 15 is 0 Å². The molecule has 0 heterocycles. The lowest BCUT2D eigenvalue weighted by Gasteiger charge is -2.19. The van der Waals surface area contributed by atoms with Crippen molar-refractivity contribution >= 4 is 10.8 Å². The number of fused-ring (bicyclic) bond motifs is 1. The van der Waals surface area contributed by atoms with Gasteiger partial charge in [0.1, 0.15) is 0 Å². The largest absolute Gasteiger partial charge is 0.0610 e. The molecule has 0 saturated carbocycles. The van der Waals surface area contributed by atoms with Gasteiger partial charge in [0.05, 0.1) is 0 Å². The first-order chi connectivity index (χ1) is 10.8. The molecule has 0 aliphatic carbocycles. The van der Waals surface area contributed by atoms with Crippen molar-refractivity contribution < 1.29 is 0 Å². The number of hydrogen-bond acceptors (Lipinski definition) is 0. The average molecular weight is 302 g/mol. The predicted molar refractivity (Wildman–Crippen MR) is 102 cm³/mol. The van der Waals surface area contributed by atoms with Gasteiger partial charge in [-0.2, -0.15) is 0 Å². The van der Waals surface area contributed by atoms with Gasteiger partial charge in [0, 0.05) is 0 Å². The standard InChI is InChI=1S/C23H26/c1-16-11-17(2)13-20(12-16)21-8-6-7-19-10-9-18(14-22(19)21)15-23(3,4)5/h6-14H,15H2,1-5H3. The fraction of sp³-hybridized carbons (Fsp3) is 0.304. The number of aryl methyl sites for hydroxylation is 2. The van der Waals surface area contributed by atoms with Crippen LogP contribution in [0.3, 0.4) is 0 Å². The van der Waals surface area contributed by atoms with Gasteiger partial charge >= 0.3 is 0 Å². The average Bonchev–Trinajstić information content (AvgIpc) is 2.43. The molecule has 3 aromatic rings. The van der Waals surface area contributed by atoms with Crippen LogP contribution in [0.4, 0.5) is 0 Å². The molecule has 0 spiro atoms. The second kappa shape index (κ2) is 5.85. The molecule has 0 aromatic heterocycles. The van der Waals surface area contributed by atoms with E-state index in [-0.39, 0.29) is 0 Å². The van der Waals surface area contributed by atoms with Crippen molar-refractivity contribution in [1.82, 2.24) is 0 Å². The maximum absolute atomic E-state index is 2.38. The highest BCUT2D eigenvalue weighted by atomic mass is 14.2. The molecule has 0 bridgehead atoms. The molecular weight excluding hydrogens is 276 g/mol. The van der Waals surface area contributed by atoms with E-state index in [0.717, 1.165) is 6.42 Å². The molecule has 0 amide bonds. The quantitative estimate of drug-likeness (QED) is 0.493. The maximum atomic E-state index is 2.38. The van der Waals surface area contributed by atoms with Gasteiger partial charge in [0.15, 0.2) is 0 Å². The van der Waals surface area contributed by atoms with E-state index in [0.29, 0.717) is 5.41 Å². The van der Waals surface area contributed by atoms with Crippen LogP contribution in [0, 0.1) is 19.3 Å². The van der Waals surface area contributed by atoms with Gasteiger partial charge in [0.2, 0.25) is 0 Å². The molecule has 0 heteroatoms. The Bertz CT molecular complexity index is 827. The Labute approximate surface area is 140 Å². The SMILES string of the molecule is Cc1cc(C)cc(-c2cccc3ccc(CC(C)(C)C)cc23)c1. The summed E-state index contributed by atoms with van der Waals surface area (Å²) in [5.41, 5.74) is 7.03. The van der Waals surface area contributed by atoms with Gasteiger partial charge in [0.25, 0.3) is 0 Å². The smallest absolute Gasteiger partial charge is 0.0103 e. The van der Waals surface area contributed by atoms with Crippen molar-refractivity contribution in [1.29, 1.82) is 0 Å². The fourth-order valence-corrected chi connectivity index (χ4v) is 3.42. The third-order valence-corrected chi connectivity index (χ3v) is 4.21. The summed E-state index contributed by atoms with van der Waals surface area (Å²) in [5.74, 6) is 0. The highest BCUT2D eigenvalue weighted by Gasteiger charge is 2.12. The van der Waals surface area contributed by atoms with Gasteiger partial charge in [-0.15, -0.1) is 0 Å². The van der Waals surface area contributed by atoms with Crippen LogP contribution in [-0.2, 0) is 6.42 Å². The van der Waals surface area contributed by atoms with Crippen LogP contribution < -0.4 is 0 Å². The van der Waals surface area contributed by atoms with E-state index in [1.54, 1.807) is 0 Å². The van der Waals surface area contributed by atoms with Crippen LogP contribution in [-0.4, -0.2) is 0 Å². The van der Waals surface area contributed by atoms with E-state index in [9.17, 15) is 0 Å². The van der Waals surface area contributed by atoms with Crippen LogP contribution in [0.5, 0.6) is 0 Å². The highest BCUT2D eigenvalue weighted by molar-refractivity contribution is 5.97. The van der Waals surface area contributed by atoms with Gasteiger partial charge in [-0.25, -0.2) is 0 Å². The lowest BCUT2D eigenvalue weighted by molar-refractivity contribution is 0.411. The summed E-state index contributed by atoms with van der Waals surface area (Å²) in [7, 11) is 0. The number of rotatable bonds is 2. The molecule has 0 unspecified atom stereocenters. The summed E-state index contributed by atoms with van der Waals surface area (Å²) in [4.78, 5) is 0. The maximum Gasteiger partial charge on any atom is -0.0103 e. The first-order valence-corrected chi connectivity index (χ1v) is 8.42. The lowest BCUT2D eigenvalue weighted by Crippen LogP contribution is -2.08. The first kappa shape index (κ1) is 15.8. The van der Waals surface area contributed by atoms with Crippen LogP contribution in [0.2, 0.25) is 0 Å². The Morgan fingerprint density at radius 2 is 1.48 bits per heavy atom. The highest BCUT2D eigenvalue weighted by Crippen LogP contribution is 2.32. The van der Waals surface area contributed by atoms with Crippen LogP contribution >= 0.6 is 0 Å². The summed E-state index contributed by atoms with van der Waals surface area (Å²) in [6.07, 6.45) is 1.10. The molecule has 0 radical (unpaired) electrons. The topological polar surface area (TPSA) is 0 Å². The van der Waals surface area contributed by atoms with E-state index in [1.807, 2.05) is 0 Å². The second-order valence-corrected chi connectivity index (χ2v) is 7.97. The van der Waals surface area contributed by atoms with E-state index in [1.165, 1.54) is 38.6 Å².